The number of thioether (sulfide) groups is 1. The second-order valence-electron chi connectivity index (χ2n) is 3.82. The van der Waals surface area contributed by atoms with Crippen molar-refractivity contribution in [1.82, 2.24) is 14.8 Å². The molecule has 3 nitrogen and oxygen atoms in total. The highest BCUT2D eigenvalue weighted by molar-refractivity contribution is 8.00. The van der Waals surface area contributed by atoms with Crippen LogP contribution in [0.5, 0.6) is 0 Å². The molecule has 0 bridgehead atoms. The van der Waals surface area contributed by atoms with E-state index >= 15 is 0 Å². The molecule has 0 saturated heterocycles. The Hall–Kier alpha value is -0.220. The molecular formula is C9H14ClN3S. The average molecular weight is 232 g/mol. The Labute approximate surface area is 93.2 Å². The molecule has 1 fully saturated rings. The summed E-state index contributed by atoms with van der Waals surface area (Å²) in [6, 6.07) is 0. The standard InChI is InChI=1S/C9H14ClN3S/c1-14-9(4-2-3-5-9)6-13-7-11-12-8(13)10/h7H,2-6H2,1H3. The molecule has 2 rings (SSSR count). The molecule has 1 heterocycles. The summed E-state index contributed by atoms with van der Waals surface area (Å²) in [6.45, 7) is 0.944. The molecular weight excluding hydrogens is 218 g/mol. The third kappa shape index (κ3) is 1.91. The number of aromatic nitrogens is 3. The molecule has 1 aliphatic carbocycles. The van der Waals surface area contributed by atoms with Crippen LogP contribution in [-0.4, -0.2) is 25.8 Å². The van der Waals surface area contributed by atoms with Gasteiger partial charge in [0.25, 0.3) is 0 Å². The van der Waals surface area contributed by atoms with Gasteiger partial charge in [0.05, 0.1) is 0 Å². The Kier molecular flexibility index (Phi) is 3.02. The zero-order valence-corrected chi connectivity index (χ0v) is 9.81. The first-order chi connectivity index (χ1) is 6.76. The molecule has 1 saturated carbocycles. The molecule has 0 amide bonds. The molecule has 1 aromatic rings. The molecule has 1 aliphatic rings. The van der Waals surface area contributed by atoms with E-state index in [9.17, 15) is 0 Å². The van der Waals surface area contributed by atoms with Crippen molar-refractivity contribution >= 4 is 23.4 Å². The van der Waals surface area contributed by atoms with E-state index in [1.165, 1.54) is 25.7 Å². The summed E-state index contributed by atoms with van der Waals surface area (Å²) < 4.78 is 2.31. The van der Waals surface area contributed by atoms with Crippen LogP contribution in [0.25, 0.3) is 0 Å². The van der Waals surface area contributed by atoms with Crippen LogP contribution in [0, 0.1) is 0 Å². The van der Waals surface area contributed by atoms with Crippen molar-refractivity contribution in [2.75, 3.05) is 6.26 Å². The van der Waals surface area contributed by atoms with E-state index in [0.29, 0.717) is 10.0 Å². The van der Waals surface area contributed by atoms with Crippen LogP contribution in [0.15, 0.2) is 6.33 Å². The van der Waals surface area contributed by atoms with Gasteiger partial charge in [-0.05, 0) is 30.7 Å². The molecule has 78 valence electrons. The molecule has 0 radical (unpaired) electrons. The SMILES string of the molecule is CSC1(Cn2cnnc2Cl)CCCC1. The minimum absolute atomic E-state index is 0.367. The van der Waals surface area contributed by atoms with Crippen molar-refractivity contribution < 1.29 is 0 Å². The van der Waals surface area contributed by atoms with Gasteiger partial charge in [0, 0.05) is 11.3 Å². The van der Waals surface area contributed by atoms with E-state index in [-0.39, 0.29) is 0 Å². The van der Waals surface area contributed by atoms with Crippen LogP contribution in [0.4, 0.5) is 0 Å². The summed E-state index contributed by atoms with van der Waals surface area (Å²) >= 11 is 7.87. The van der Waals surface area contributed by atoms with Crippen LogP contribution < -0.4 is 0 Å². The molecule has 14 heavy (non-hydrogen) atoms. The van der Waals surface area contributed by atoms with E-state index in [1.807, 2.05) is 16.3 Å². The van der Waals surface area contributed by atoms with E-state index in [1.54, 1.807) is 6.33 Å². The zero-order chi connectivity index (χ0) is 10.0. The lowest BCUT2D eigenvalue weighted by Crippen LogP contribution is -2.26. The molecule has 0 aromatic carbocycles. The molecule has 0 atom stereocenters. The third-order valence-electron chi connectivity index (χ3n) is 2.97. The number of hydrogen-bond donors (Lipinski definition) is 0. The lowest BCUT2D eigenvalue weighted by Gasteiger charge is -2.26. The Bertz CT molecular complexity index is 307. The lowest BCUT2D eigenvalue weighted by molar-refractivity contribution is 0.505. The monoisotopic (exact) mass is 231 g/mol. The zero-order valence-electron chi connectivity index (χ0n) is 8.24. The van der Waals surface area contributed by atoms with Crippen molar-refractivity contribution in [3.63, 3.8) is 0 Å². The van der Waals surface area contributed by atoms with Gasteiger partial charge >= 0.3 is 0 Å². The van der Waals surface area contributed by atoms with Crippen LogP contribution in [0.1, 0.15) is 25.7 Å². The molecule has 0 N–H and O–H groups in total. The highest BCUT2D eigenvalue weighted by Crippen LogP contribution is 2.41. The van der Waals surface area contributed by atoms with Gasteiger partial charge in [0.2, 0.25) is 5.28 Å². The Morgan fingerprint density at radius 2 is 2.29 bits per heavy atom. The Morgan fingerprint density at radius 1 is 1.57 bits per heavy atom. The first-order valence-electron chi connectivity index (χ1n) is 4.84. The topological polar surface area (TPSA) is 30.7 Å². The fourth-order valence-electron chi connectivity index (χ4n) is 2.10. The minimum Gasteiger partial charge on any atom is -0.303 e. The quantitative estimate of drug-likeness (QED) is 0.801. The second kappa shape index (κ2) is 4.11. The number of halogens is 1. The summed E-state index contributed by atoms with van der Waals surface area (Å²) in [4.78, 5) is 0. The van der Waals surface area contributed by atoms with E-state index in [2.05, 4.69) is 16.5 Å². The number of nitrogens with zero attached hydrogens (tertiary/aromatic N) is 3. The van der Waals surface area contributed by atoms with Crippen molar-refractivity contribution in [2.45, 2.75) is 37.0 Å². The molecule has 1 aromatic heterocycles. The minimum atomic E-state index is 0.367. The normalized spacial score (nSPS) is 20.1. The molecule has 0 unspecified atom stereocenters. The third-order valence-corrected chi connectivity index (χ3v) is 4.67. The predicted molar refractivity (Wildman–Crippen MR) is 59.7 cm³/mol. The van der Waals surface area contributed by atoms with Crippen molar-refractivity contribution in [3.8, 4) is 0 Å². The number of rotatable bonds is 3. The first-order valence-corrected chi connectivity index (χ1v) is 6.44. The molecule has 5 heteroatoms. The maximum absolute atomic E-state index is 5.92. The molecule has 0 aliphatic heterocycles. The highest BCUT2D eigenvalue weighted by Gasteiger charge is 2.33. The second-order valence-corrected chi connectivity index (χ2v) is 5.43. The van der Waals surface area contributed by atoms with Gasteiger partial charge in [0.1, 0.15) is 6.33 Å². The van der Waals surface area contributed by atoms with Gasteiger partial charge in [-0.1, -0.05) is 12.8 Å². The van der Waals surface area contributed by atoms with E-state index in [0.717, 1.165) is 6.54 Å². The maximum atomic E-state index is 5.92. The van der Waals surface area contributed by atoms with Crippen LogP contribution in [0.3, 0.4) is 0 Å². The van der Waals surface area contributed by atoms with Gasteiger partial charge in [-0.25, -0.2) is 0 Å². The van der Waals surface area contributed by atoms with Crippen LogP contribution in [0.2, 0.25) is 5.28 Å². The Morgan fingerprint density at radius 3 is 2.79 bits per heavy atom. The average Bonchev–Trinajstić information content (AvgIpc) is 2.79. The highest BCUT2D eigenvalue weighted by atomic mass is 35.5. The predicted octanol–water partition coefficient (Wildman–Crippen LogP) is 2.61. The first kappa shape index (κ1) is 10.3. The summed E-state index contributed by atoms with van der Waals surface area (Å²) in [5, 5.41) is 8.10. The number of hydrogen-bond acceptors (Lipinski definition) is 3. The lowest BCUT2D eigenvalue weighted by atomic mass is 10.1. The van der Waals surface area contributed by atoms with Gasteiger partial charge < -0.3 is 4.57 Å². The van der Waals surface area contributed by atoms with E-state index < -0.39 is 0 Å². The summed E-state index contributed by atoms with van der Waals surface area (Å²) in [6.07, 6.45) is 9.13. The van der Waals surface area contributed by atoms with E-state index in [4.69, 9.17) is 11.6 Å². The summed E-state index contributed by atoms with van der Waals surface area (Å²) in [7, 11) is 0. The fourth-order valence-corrected chi connectivity index (χ4v) is 3.22. The van der Waals surface area contributed by atoms with Gasteiger partial charge in [-0.15, -0.1) is 10.2 Å². The van der Waals surface area contributed by atoms with Gasteiger partial charge in [-0.3, -0.25) is 0 Å². The van der Waals surface area contributed by atoms with Crippen LogP contribution in [-0.2, 0) is 6.54 Å². The fraction of sp³-hybridized carbons (Fsp3) is 0.778. The van der Waals surface area contributed by atoms with Crippen LogP contribution >= 0.6 is 23.4 Å². The van der Waals surface area contributed by atoms with Gasteiger partial charge in [-0.2, -0.15) is 11.8 Å². The van der Waals surface area contributed by atoms with Gasteiger partial charge in [0.15, 0.2) is 0 Å². The van der Waals surface area contributed by atoms with Crippen molar-refractivity contribution in [3.05, 3.63) is 11.6 Å². The largest absolute Gasteiger partial charge is 0.303 e. The molecule has 0 spiro atoms. The summed E-state index contributed by atoms with van der Waals surface area (Å²) in [5.74, 6) is 0. The maximum Gasteiger partial charge on any atom is 0.224 e. The Balaban J connectivity index is 2.12. The smallest absolute Gasteiger partial charge is 0.224 e. The van der Waals surface area contributed by atoms with Crippen molar-refractivity contribution in [2.24, 2.45) is 0 Å². The summed E-state index contributed by atoms with van der Waals surface area (Å²) in [5.41, 5.74) is 0. The van der Waals surface area contributed by atoms with Crippen molar-refractivity contribution in [1.29, 1.82) is 0 Å².